The monoisotopic (exact) mass is 423 g/mol. The second kappa shape index (κ2) is 8.16. The molecule has 1 aliphatic rings. The molecule has 2 atom stereocenters. The van der Waals surface area contributed by atoms with Gasteiger partial charge in [0.25, 0.3) is 0 Å². The lowest BCUT2D eigenvalue weighted by Gasteiger charge is -2.35. The molecule has 0 aliphatic carbocycles. The summed E-state index contributed by atoms with van der Waals surface area (Å²) in [5.74, 6) is -1.19. The number of cyclic esters (lactones) is 1. The van der Waals surface area contributed by atoms with Crippen LogP contribution in [0.15, 0.2) is 42.5 Å². The van der Waals surface area contributed by atoms with Crippen LogP contribution in [0.3, 0.4) is 0 Å². The number of nitrogens with zero attached hydrogens (tertiary/aromatic N) is 1. The molecule has 1 amide bonds. The summed E-state index contributed by atoms with van der Waals surface area (Å²) in [5.41, 5.74) is 1.95. The minimum atomic E-state index is -0.599. The SMILES string of the molecule is CC(c1ccc(-c2ccc(F)cc2F)cc1)N1CCC(CCBr)OC1=O. The van der Waals surface area contributed by atoms with E-state index in [9.17, 15) is 13.6 Å². The van der Waals surface area contributed by atoms with Crippen LogP contribution in [0.5, 0.6) is 0 Å². The maximum absolute atomic E-state index is 13.9. The van der Waals surface area contributed by atoms with E-state index in [0.29, 0.717) is 17.7 Å². The molecule has 0 spiro atoms. The summed E-state index contributed by atoms with van der Waals surface area (Å²) in [5, 5.41) is 0.807. The number of benzene rings is 2. The predicted molar refractivity (Wildman–Crippen MR) is 100 cm³/mol. The first-order valence-corrected chi connectivity index (χ1v) is 9.70. The third-order valence-corrected chi connectivity index (χ3v) is 5.19. The van der Waals surface area contributed by atoms with Gasteiger partial charge in [0.2, 0.25) is 0 Å². The number of amides is 1. The standard InChI is InChI=1S/C20H20BrF2NO2/c1-13(24-11-9-17(8-10-21)26-20(24)25)14-2-4-15(5-3-14)18-7-6-16(22)12-19(18)23/h2-7,12-13,17H,8-11H2,1H3. The van der Waals surface area contributed by atoms with Crippen LogP contribution < -0.4 is 0 Å². The topological polar surface area (TPSA) is 29.5 Å². The van der Waals surface area contributed by atoms with Crippen molar-refractivity contribution in [2.24, 2.45) is 0 Å². The van der Waals surface area contributed by atoms with Gasteiger partial charge >= 0.3 is 6.09 Å². The molecule has 1 heterocycles. The zero-order valence-corrected chi connectivity index (χ0v) is 16.0. The lowest BCUT2D eigenvalue weighted by molar-refractivity contribution is 0.0125. The Kier molecular flexibility index (Phi) is 5.91. The van der Waals surface area contributed by atoms with E-state index in [1.807, 2.05) is 19.1 Å². The Bertz CT molecular complexity index is 782. The van der Waals surface area contributed by atoms with Crippen LogP contribution in [0.25, 0.3) is 11.1 Å². The molecule has 1 saturated heterocycles. The van der Waals surface area contributed by atoms with Crippen LogP contribution in [-0.2, 0) is 4.74 Å². The van der Waals surface area contributed by atoms with E-state index in [2.05, 4.69) is 15.9 Å². The van der Waals surface area contributed by atoms with Gasteiger partial charge in [0.15, 0.2) is 0 Å². The molecular weight excluding hydrogens is 404 g/mol. The quantitative estimate of drug-likeness (QED) is 0.578. The Hall–Kier alpha value is -1.95. The van der Waals surface area contributed by atoms with Crippen molar-refractivity contribution < 1.29 is 18.3 Å². The lowest BCUT2D eigenvalue weighted by Crippen LogP contribution is -2.43. The van der Waals surface area contributed by atoms with E-state index in [1.54, 1.807) is 17.0 Å². The molecule has 2 unspecified atom stereocenters. The second-order valence-electron chi connectivity index (χ2n) is 6.39. The molecule has 0 N–H and O–H groups in total. The van der Waals surface area contributed by atoms with Crippen LogP contribution in [0, 0.1) is 11.6 Å². The minimum absolute atomic E-state index is 0.0332. The molecule has 3 rings (SSSR count). The van der Waals surface area contributed by atoms with E-state index in [-0.39, 0.29) is 18.2 Å². The van der Waals surface area contributed by atoms with Crippen LogP contribution in [0.4, 0.5) is 13.6 Å². The Morgan fingerprint density at radius 3 is 2.58 bits per heavy atom. The number of ether oxygens (including phenoxy) is 1. The molecule has 2 aromatic carbocycles. The molecule has 26 heavy (non-hydrogen) atoms. The van der Waals surface area contributed by atoms with Gasteiger partial charge in [-0.1, -0.05) is 40.2 Å². The summed E-state index contributed by atoms with van der Waals surface area (Å²) in [6, 6.07) is 10.7. The summed E-state index contributed by atoms with van der Waals surface area (Å²) < 4.78 is 32.5. The molecule has 1 aliphatic heterocycles. The number of hydrogen-bond acceptors (Lipinski definition) is 2. The fourth-order valence-electron chi connectivity index (χ4n) is 3.17. The fourth-order valence-corrected chi connectivity index (χ4v) is 3.68. The highest BCUT2D eigenvalue weighted by molar-refractivity contribution is 9.09. The molecule has 0 saturated carbocycles. The van der Waals surface area contributed by atoms with Gasteiger partial charge in [-0.05, 0) is 36.6 Å². The number of halogens is 3. The molecule has 6 heteroatoms. The summed E-state index contributed by atoms with van der Waals surface area (Å²) in [7, 11) is 0. The first-order chi connectivity index (χ1) is 12.5. The zero-order valence-electron chi connectivity index (χ0n) is 14.4. The third kappa shape index (κ3) is 4.06. The summed E-state index contributed by atoms with van der Waals surface area (Å²) in [6.07, 6.45) is 1.28. The zero-order chi connectivity index (χ0) is 18.7. The molecule has 2 aromatic rings. The molecule has 0 aromatic heterocycles. The predicted octanol–water partition coefficient (Wildman–Crippen LogP) is 5.69. The molecule has 3 nitrogen and oxygen atoms in total. The first-order valence-electron chi connectivity index (χ1n) is 8.58. The van der Waals surface area contributed by atoms with Crippen LogP contribution in [0.1, 0.15) is 31.4 Å². The van der Waals surface area contributed by atoms with Crippen LogP contribution in [0.2, 0.25) is 0 Å². The second-order valence-corrected chi connectivity index (χ2v) is 7.18. The Labute approximate surface area is 160 Å². The maximum Gasteiger partial charge on any atom is 0.410 e. The van der Waals surface area contributed by atoms with Crippen molar-refractivity contribution in [3.63, 3.8) is 0 Å². The first kappa shape index (κ1) is 18.8. The highest BCUT2D eigenvalue weighted by Gasteiger charge is 2.30. The van der Waals surface area contributed by atoms with Gasteiger partial charge in [0.1, 0.15) is 17.7 Å². The Morgan fingerprint density at radius 1 is 1.23 bits per heavy atom. The maximum atomic E-state index is 13.9. The van der Waals surface area contributed by atoms with Crippen molar-refractivity contribution in [2.75, 3.05) is 11.9 Å². The summed E-state index contributed by atoms with van der Waals surface area (Å²) >= 11 is 3.37. The van der Waals surface area contributed by atoms with Gasteiger partial charge < -0.3 is 9.64 Å². The van der Waals surface area contributed by atoms with Crippen molar-refractivity contribution in [1.82, 2.24) is 4.90 Å². The van der Waals surface area contributed by atoms with E-state index in [4.69, 9.17) is 4.74 Å². The van der Waals surface area contributed by atoms with Crippen molar-refractivity contribution in [3.8, 4) is 11.1 Å². The highest BCUT2D eigenvalue weighted by Crippen LogP contribution is 2.29. The van der Waals surface area contributed by atoms with Crippen LogP contribution in [-0.4, -0.2) is 29.0 Å². The summed E-state index contributed by atoms with van der Waals surface area (Å²) in [4.78, 5) is 14.0. The normalized spacial score (nSPS) is 18.5. The third-order valence-electron chi connectivity index (χ3n) is 4.73. The van der Waals surface area contributed by atoms with Crippen molar-refractivity contribution in [3.05, 3.63) is 59.7 Å². The van der Waals surface area contributed by atoms with E-state index < -0.39 is 11.6 Å². The average Bonchev–Trinajstić information content (AvgIpc) is 2.62. The van der Waals surface area contributed by atoms with E-state index in [1.165, 1.54) is 12.1 Å². The van der Waals surface area contributed by atoms with Gasteiger partial charge in [0, 0.05) is 29.9 Å². The summed E-state index contributed by atoms with van der Waals surface area (Å²) in [6.45, 7) is 2.59. The largest absolute Gasteiger partial charge is 0.446 e. The van der Waals surface area contributed by atoms with E-state index in [0.717, 1.165) is 29.8 Å². The van der Waals surface area contributed by atoms with Crippen LogP contribution >= 0.6 is 15.9 Å². The number of rotatable bonds is 5. The highest BCUT2D eigenvalue weighted by atomic mass is 79.9. The van der Waals surface area contributed by atoms with Gasteiger partial charge in [-0.15, -0.1) is 0 Å². The molecule has 1 fully saturated rings. The van der Waals surface area contributed by atoms with Crippen molar-refractivity contribution in [1.29, 1.82) is 0 Å². The Morgan fingerprint density at radius 2 is 1.96 bits per heavy atom. The smallest absolute Gasteiger partial charge is 0.410 e. The van der Waals surface area contributed by atoms with Crippen molar-refractivity contribution in [2.45, 2.75) is 31.9 Å². The number of carbonyl (C=O) groups is 1. The lowest BCUT2D eigenvalue weighted by atomic mass is 10.00. The molecule has 0 bridgehead atoms. The number of hydrogen-bond donors (Lipinski definition) is 0. The van der Waals surface area contributed by atoms with E-state index >= 15 is 0 Å². The Balaban J connectivity index is 1.73. The molecule has 138 valence electrons. The van der Waals surface area contributed by atoms with Gasteiger partial charge in [-0.25, -0.2) is 13.6 Å². The average molecular weight is 424 g/mol. The van der Waals surface area contributed by atoms with Gasteiger partial charge in [-0.3, -0.25) is 0 Å². The van der Waals surface area contributed by atoms with Crippen molar-refractivity contribution >= 4 is 22.0 Å². The van der Waals surface area contributed by atoms with Gasteiger partial charge in [0.05, 0.1) is 6.04 Å². The number of alkyl halides is 1. The molecule has 0 radical (unpaired) electrons. The minimum Gasteiger partial charge on any atom is -0.446 e. The molecular formula is C20H20BrF2NO2. The fraction of sp³-hybridized carbons (Fsp3) is 0.350. The number of carbonyl (C=O) groups excluding carboxylic acids is 1. The van der Waals surface area contributed by atoms with Gasteiger partial charge in [-0.2, -0.15) is 0 Å².